The fourth-order valence-electron chi connectivity index (χ4n) is 2.77. The number of aromatic hydroxyl groups is 1. The number of hydrogen-bond donors (Lipinski definition) is 2. The average Bonchev–Trinajstić information content (AvgIpc) is 2.64. The summed E-state index contributed by atoms with van der Waals surface area (Å²) in [6, 6.07) is 7.17. The summed E-state index contributed by atoms with van der Waals surface area (Å²) in [5.74, 6) is -0.838. The summed E-state index contributed by atoms with van der Waals surface area (Å²) in [5, 5.41) is 13.7. The van der Waals surface area contributed by atoms with Crippen LogP contribution in [-0.4, -0.2) is 21.0 Å². The number of pyridine rings is 2. The predicted octanol–water partition coefficient (Wildman–Crippen LogP) is 3.48. The third-order valence-corrected chi connectivity index (χ3v) is 3.96. The van der Waals surface area contributed by atoms with Crippen LogP contribution in [0.25, 0.3) is 10.9 Å². The molecule has 3 aromatic rings. The number of carbonyl (C=O) groups excluding carboxylic acids is 1. The molecular weight excluding hydrogens is 321 g/mol. The summed E-state index contributed by atoms with van der Waals surface area (Å²) in [4.78, 5) is 20.3. The Morgan fingerprint density at radius 3 is 2.84 bits per heavy atom. The van der Waals surface area contributed by atoms with Gasteiger partial charge in [0.05, 0.1) is 6.04 Å². The van der Waals surface area contributed by atoms with Crippen LogP contribution in [0.1, 0.15) is 36.9 Å². The predicted molar refractivity (Wildman–Crippen MR) is 92.5 cm³/mol. The summed E-state index contributed by atoms with van der Waals surface area (Å²) in [6.07, 6.45) is 5.70. The number of nitrogens with zero attached hydrogens (tertiary/aromatic N) is 2. The molecule has 1 aromatic carbocycles. The topological polar surface area (TPSA) is 75.1 Å². The molecule has 0 aliphatic rings. The van der Waals surface area contributed by atoms with E-state index in [4.69, 9.17) is 0 Å². The van der Waals surface area contributed by atoms with Crippen LogP contribution in [-0.2, 0) is 4.79 Å². The van der Waals surface area contributed by atoms with Crippen molar-refractivity contribution in [1.82, 2.24) is 15.3 Å². The van der Waals surface area contributed by atoms with Crippen molar-refractivity contribution in [3.63, 3.8) is 0 Å². The van der Waals surface area contributed by atoms with Crippen molar-refractivity contribution in [2.24, 2.45) is 0 Å². The zero-order valence-corrected chi connectivity index (χ0v) is 13.7. The third kappa shape index (κ3) is 3.42. The summed E-state index contributed by atoms with van der Waals surface area (Å²) in [7, 11) is 0. The Morgan fingerprint density at radius 1 is 1.32 bits per heavy atom. The zero-order valence-electron chi connectivity index (χ0n) is 13.7. The van der Waals surface area contributed by atoms with E-state index in [1.54, 1.807) is 36.7 Å². The Morgan fingerprint density at radius 2 is 2.12 bits per heavy atom. The van der Waals surface area contributed by atoms with Gasteiger partial charge in [0, 0.05) is 36.0 Å². The fraction of sp³-hybridized carbons (Fsp3) is 0.211. The second-order valence-electron chi connectivity index (χ2n) is 5.73. The van der Waals surface area contributed by atoms with Crippen molar-refractivity contribution in [3.05, 3.63) is 65.9 Å². The van der Waals surface area contributed by atoms with Gasteiger partial charge in [-0.1, -0.05) is 13.0 Å². The quantitative estimate of drug-likeness (QED) is 0.746. The zero-order chi connectivity index (χ0) is 17.8. The minimum atomic E-state index is -0.714. The average molecular weight is 339 g/mol. The van der Waals surface area contributed by atoms with Crippen LogP contribution in [0.2, 0.25) is 0 Å². The lowest BCUT2D eigenvalue weighted by molar-refractivity contribution is -0.121. The summed E-state index contributed by atoms with van der Waals surface area (Å²) >= 11 is 0. The number of aromatic nitrogens is 2. The van der Waals surface area contributed by atoms with Crippen LogP contribution in [0.5, 0.6) is 5.75 Å². The van der Waals surface area contributed by atoms with Gasteiger partial charge in [-0.3, -0.25) is 14.8 Å². The number of hydrogen-bond acceptors (Lipinski definition) is 4. The van der Waals surface area contributed by atoms with Gasteiger partial charge < -0.3 is 10.4 Å². The second kappa shape index (κ2) is 7.25. The van der Waals surface area contributed by atoms with Gasteiger partial charge >= 0.3 is 0 Å². The van der Waals surface area contributed by atoms with Crippen LogP contribution in [0, 0.1) is 5.82 Å². The van der Waals surface area contributed by atoms with Crippen LogP contribution >= 0.6 is 0 Å². The lowest BCUT2D eigenvalue weighted by atomic mass is 9.97. The fourth-order valence-corrected chi connectivity index (χ4v) is 2.77. The first-order chi connectivity index (χ1) is 12.1. The molecule has 5 nitrogen and oxygen atoms in total. The molecule has 0 aliphatic heterocycles. The molecule has 25 heavy (non-hydrogen) atoms. The number of phenolic OH excluding ortho intramolecular Hbond substituents is 1. The van der Waals surface area contributed by atoms with Gasteiger partial charge in [-0.2, -0.15) is 0 Å². The van der Waals surface area contributed by atoms with Crippen LogP contribution in [0.15, 0.2) is 48.9 Å². The van der Waals surface area contributed by atoms with Crippen molar-refractivity contribution in [2.45, 2.75) is 25.8 Å². The van der Waals surface area contributed by atoms with Crippen molar-refractivity contribution in [3.8, 4) is 5.75 Å². The molecule has 0 aliphatic carbocycles. The van der Waals surface area contributed by atoms with Crippen molar-refractivity contribution < 1.29 is 14.3 Å². The van der Waals surface area contributed by atoms with E-state index in [0.717, 1.165) is 0 Å². The molecule has 0 saturated heterocycles. The standard InChI is InChI=1S/C19H18FN3O2/c1-2-5-16(24)23-17(12-6-3-8-21-11-12)14-10-15(20)13-7-4-9-22-18(13)19(14)25/h3-4,6-11,17,25H,2,5H2,1H3,(H,23,24). The number of phenols is 1. The van der Waals surface area contributed by atoms with Gasteiger partial charge in [0.15, 0.2) is 0 Å². The number of halogens is 1. The molecule has 2 aromatic heterocycles. The second-order valence-corrected chi connectivity index (χ2v) is 5.73. The number of benzene rings is 1. The van der Waals surface area contributed by atoms with E-state index in [1.165, 1.54) is 12.3 Å². The van der Waals surface area contributed by atoms with Crippen LogP contribution in [0.4, 0.5) is 4.39 Å². The van der Waals surface area contributed by atoms with Gasteiger partial charge in [-0.25, -0.2) is 4.39 Å². The molecule has 0 bridgehead atoms. The van der Waals surface area contributed by atoms with E-state index in [0.29, 0.717) is 18.4 Å². The summed E-state index contributed by atoms with van der Waals surface area (Å²) in [6.45, 7) is 1.90. The Hall–Kier alpha value is -3.02. The van der Waals surface area contributed by atoms with Crippen LogP contribution < -0.4 is 5.32 Å². The summed E-state index contributed by atoms with van der Waals surface area (Å²) < 4.78 is 14.5. The van der Waals surface area contributed by atoms with E-state index in [1.807, 2.05) is 6.92 Å². The highest BCUT2D eigenvalue weighted by atomic mass is 19.1. The molecule has 6 heteroatoms. The molecule has 128 valence electrons. The molecule has 2 heterocycles. The minimum Gasteiger partial charge on any atom is -0.505 e. The maximum atomic E-state index is 14.5. The molecule has 2 N–H and O–H groups in total. The number of rotatable bonds is 5. The van der Waals surface area contributed by atoms with Gasteiger partial charge in [0.1, 0.15) is 17.1 Å². The van der Waals surface area contributed by atoms with Gasteiger partial charge in [0.2, 0.25) is 5.91 Å². The van der Waals surface area contributed by atoms with E-state index < -0.39 is 11.9 Å². The van der Waals surface area contributed by atoms with E-state index >= 15 is 0 Å². The first-order valence-corrected chi connectivity index (χ1v) is 8.07. The Bertz CT molecular complexity index is 900. The lowest BCUT2D eigenvalue weighted by Gasteiger charge is -2.21. The minimum absolute atomic E-state index is 0.150. The number of nitrogens with one attached hydrogen (secondary N) is 1. The third-order valence-electron chi connectivity index (χ3n) is 3.96. The molecule has 1 amide bonds. The van der Waals surface area contributed by atoms with Gasteiger partial charge in [-0.05, 0) is 36.2 Å². The Labute approximate surface area is 144 Å². The van der Waals surface area contributed by atoms with Crippen molar-refractivity contribution >= 4 is 16.8 Å². The molecule has 3 rings (SSSR count). The number of amides is 1. The number of fused-ring (bicyclic) bond motifs is 1. The molecule has 0 spiro atoms. The monoisotopic (exact) mass is 339 g/mol. The van der Waals surface area contributed by atoms with Crippen molar-refractivity contribution in [1.29, 1.82) is 0 Å². The van der Waals surface area contributed by atoms with Gasteiger partial charge in [-0.15, -0.1) is 0 Å². The largest absolute Gasteiger partial charge is 0.505 e. The first-order valence-electron chi connectivity index (χ1n) is 8.07. The first kappa shape index (κ1) is 16.8. The van der Waals surface area contributed by atoms with E-state index in [-0.39, 0.29) is 28.1 Å². The molecule has 0 fully saturated rings. The highest BCUT2D eigenvalue weighted by molar-refractivity contribution is 5.87. The van der Waals surface area contributed by atoms with Gasteiger partial charge in [0.25, 0.3) is 0 Å². The normalized spacial score (nSPS) is 12.1. The molecule has 1 atom stereocenters. The maximum absolute atomic E-state index is 14.5. The van der Waals surface area contributed by atoms with Crippen LogP contribution in [0.3, 0.4) is 0 Å². The molecule has 1 unspecified atom stereocenters. The van der Waals surface area contributed by atoms with E-state index in [2.05, 4.69) is 15.3 Å². The molecule has 0 radical (unpaired) electrons. The van der Waals surface area contributed by atoms with Crippen molar-refractivity contribution in [2.75, 3.05) is 0 Å². The smallest absolute Gasteiger partial charge is 0.220 e. The summed E-state index contributed by atoms with van der Waals surface area (Å²) in [5.41, 5.74) is 1.06. The highest BCUT2D eigenvalue weighted by Gasteiger charge is 2.23. The number of carbonyl (C=O) groups is 1. The Kier molecular flexibility index (Phi) is 4.88. The highest BCUT2D eigenvalue weighted by Crippen LogP contribution is 2.35. The maximum Gasteiger partial charge on any atom is 0.220 e. The molecule has 0 saturated carbocycles. The SMILES string of the molecule is CCCC(=O)NC(c1cccnc1)c1cc(F)c2cccnc2c1O. The Balaban J connectivity index is 2.14. The lowest BCUT2D eigenvalue weighted by Crippen LogP contribution is -2.29. The van der Waals surface area contributed by atoms with E-state index in [9.17, 15) is 14.3 Å². The molecular formula is C19H18FN3O2.